The fourth-order valence-electron chi connectivity index (χ4n) is 3.72. The van der Waals surface area contributed by atoms with Gasteiger partial charge in [-0.3, -0.25) is 0 Å². The third kappa shape index (κ3) is 3.76. The fraction of sp³-hybridized carbons (Fsp3) is 0.429. The topological polar surface area (TPSA) is 35.2 Å². The van der Waals surface area contributed by atoms with E-state index in [-0.39, 0.29) is 6.04 Å². The first kappa shape index (κ1) is 16.1. The van der Waals surface area contributed by atoms with Gasteiger partial charge in [0, 0.05) is 6.04 Å². The lowest BCUT2D eigenvalue weighted by Gasteiger charge is -2.22. The third-order valence-electron chi connectivity index (χ3n) is 5.00. The number of benzene rings is 2. The van der Waals surface area contributed by atoms with Crippen LogP contribution in [0.3, 0.4) is 0 Å². The van der Waals surface area contributed by atoms with Crippen molar-refractivity contribution < 1.29 is 4.74 Å². The van der Waals surface area contributed by atoms with Crippen LogP contribution in [0.4, 0.5) is 0 Å². The Morgan fingerprint density at radius 2 is 1.65 bits per heavy atom. The lowest BCUT2D eigenvalue weighted by atomic mass is 9.90. The molecule has 0 bridgehead atoms. The molecule has 0 radical (unpaired) electrons. The molecule has 0 aromatic heterocycles. The van der Waals surface area contributed by atoms with Gasteiger partial charge in [-0.05, 0) is 54.9 Å². The van der Waals surface area contributed by atoms with Crippen LogP contribution in [0.2, 0.25) is 0 Å². The lowest BCUT2D eigenvalue weighted by molar-refractivity contribution is 0.301. The normalized spacial score (nSPS) is 16.5. The third-order valence-corrected chi connectivity index (χ3v) is 5.00. The maximum atomic E-state index is 6.51. The zero-order valence-corrected chi connectivity index (χ0v) is 14.2. The second kappa shape index (κ2) is 7.18. The van der Waals surface area contributed by atoms with Gasteiger partial charge in [0.2, 0.25) is 0 Å². The minimum absolute atomic E-state index is 0.165. The Kier molecular flexibility index (Phi) is 5.02. The Bertz CT molecular complexity index is 621. The molecule has 1 atom stereocenters. The van der Waals surface area contributed by atoms with Crippen LogP contribution in [0.1, 0.15) is 54.0 Å². The first-order valence-corrected chi connectivity index (χ1v) is 8.68. The smallest absolute Gasteiger partial charge is 0.125 e. The van der Waals surface area contributed by atoms with E-state index in [0.717, 1.165) is 5.75 Å². The van der Waals surface area contributed by atoms with Crippen molar-refractivity contribution in [2.24, 2.45) is 11.7 Å². The van der Waals surface area contributed by atoms with E-state index >= 15 is 0 Å². The molecule has 2 aromatic rings. The van der Waals surface area contributed by atoms with Crippen molar-refractivity contribution in [3.05, 3.63) is 64.7 Å². The molecule has 2 N–H and O–H groups in total. The highest BCUT2D eigenvalue weighted by atomic mass is 16.5. The molecule has 1 aliphatic rings. The van der Waals surface area contributed by atoms with Gasteiger partial charge >= 0.3 is 0 Å². The van der Waals surface area contributed by atoms with Gasteiger partial charge in [0.05, 0.1) is 0 Å². The van der Waals surface area contributed by atoms with Gasteiger partial charge in [-0.25, -0.2) is 0 Å². The molecule has 1 saturated carbocycles. The van der Waals surface area contributed by atoms with Gasteiger partial charge in [0.25, 0.3) is 0 Å². The van der Waals surface area contributed by atoms with Crippen LogP contribution in [-0.4, -0.2) is 0 Å². The Balaban J connectivity index is 1.74. The van der Waals surface area contributed by atoms with E-state index in [0.29, 0.717) is 12.5 Å². The second-order valence-electron chi connectivity index (χ2n) is 6.83. The van der Waals surface area contributed by atoms with Gasteiger partial charge in [0.15, 0.2) is 0 Å². The van der Waals surface area contributed by atoms with Crippen LogP contribution in [0, 0.1) is 19.8 Å². The summed E-state index contributed by atoms with van der Waals surface area (Å²) in [6.45, 7) is 4.85. The summed E-state index contributed by atoms with van der Waals surface area (Å²) in [7, 11) is 0. The largest absolute Gasteiger partial charge is 0.488 e. The van der Waals surface area contributed by atoms with Gasteiger partial charge in [0.1, 0.15) is 12.4 Å². The molecule has 3 rings (SSSR count). The van der Waals surface area contributed by atoms with Crippen LogP contribution in [0.25, 0.3) is 0 Å². The number of nitrogens with two attached hydrogens (primary N) is 1. The first-order valence-electron chi connectivity index (χ1n) is 8.68. The zero-order chi connectivity index (χ0) is 16.2. The molecule has 0 unspecified atom stereocenters. The Morgan fingerprint density at radius 1 is 1.04 bits per heavy atom. The molecule has 0 amide bonds. The fourth-order valence-corrected chi connectivity index (χ4v) is 3.72. The molecule has 2 aromatic carbocycles. The van der Waals surface area contributed by atoms with Gasteiger partial charge in [-0.2, -0.15) is 0 Å². The molecule has 122 valence electrons. The molecule has 1 aliphatic carbocycles. The molecular weight excluding hydrogens is 282 g/mol. The van der Waals surface area contributed by atoms with Crippen molar-refractivity contribution in [2.45, 2.75) is 52.2 Å². The molecular formula is C21H27NO. The molecule has 0 saturated heterocycles. The summed E-state index contributed by atoms with van der Waals surface area (Å²) in [6, 6.07) is 14.9. The summed E-state index contributed by atoms with van der Waals surface area (Å²) in [4.78, 5) is 0. The quantitative estimate of drug-likeness (QED) is 0.836. The molecule has 0 aliphatic heterocycles. The van der Waals surface area contributed by atoms with Gasteiger partial charge in [-0.15, -0.1) is 0 Å². The van der Waals surface area contributed by atoms with Crippen LogP contribution in [-0.2, 0) is 6.61 Å². The minimum Gasteiger partial charge on any atom is -0.488 e. The maximum absolute atomic E-state index is 6.51. The van der Waals surface area contributed by atoms with E-state index in [1.165, 1.54) is 47.9 Å². The van der Waals surface area contributed by atoms with Crippen molar-refractivity contribution in [1.29, 1.82) is 0 Å². The average Bonchev–Trinajstić information content (AvgIpc) is 3.08. The molecule has 2 nitrogen and oxygen atoms in total. The van der Waals surface area contributed by atoms with Crippen LogP contribution in [0.5, 0.6) is 5.75 Å². The van der Waals surface area contributed by atoms with Gasteiger partial charge in [-0.1, -0.05) is 55.3 Å². The molecule has 0 spiro atoms. The highest BCUT2D eigenvalue weighted by molar-refractivity contribution is 5.44. The van der Waals surface area contributed by atoms with Gasteiger partial charge < -0.3 is 10.5 Å². The van der Waals surface area contributed by atoms with Crippen molar-refractivity contribution in [3.8, 4) is 5.75 Å². The number of hydrogen-bond donors (Lipinski definition) is 1. The summed E-state index contributed by atoms with van der Waals surface area (Å²) in [5.74, 6) is 1.64. The Labute approximate surface area is 139 Å². The summed E-state index contributed by atoms with van der Waals surface area (Å²) >= 11 is 0. The number of hydrogen-bond acceptors (Lipinski definition) is 2. The zero-order valence-electron chi connectivity index (χ0n) is 14.2. The summed E-state index contributed by atoms with van der Waals surface area (Å²) in [6.07, 6.45) is 5.19. The van der Waals surface area contributed by atoms with E-state index in [1.807, 2.05) is 18.2 Å². The van der Waals surface area contributed by atoms with Crippen molar-refractivity contribution >= 4 is 0 Å². The predicted molar refractivity (Wildman–Crippen MR) is 95.6 cm³/mol. The molecule has 0 heterocycles. The standard InChI is InChI=1S/C21H27NO/c1-15-12-19(20(22)18-10-6-7-11-18)13-16(2)21(15)23-14-17-8-4-3-5-9-17/h3-5,8-9,12-13,18,20H,6-7,10-11,14,22H2,1-2H3/t20-/m0/s1. The Morgan fingerprint density at radius 3 is 2.26 bits per heavy atom. The first-order chi connectivity index (χ1) is 11.1. The summed E-state index contributed by atoms with van der Waals surface area (Å²) in [5, 5.41) is 0. The Hall–Kier alpha value is -1.80. The van der Waals surface area contributed by atoms with E-state index in [4.69, 9.17) is 10.5 Å². The predicted octanol–water partition coefficient (Wildman–Crippen LogP) is 5.07. The number of ether oxygens (including phenoxy) is 1. The van der Waals surface area contributed by atoms with E-state index in [9.17, 15) is 0 Å². The van der Waals surface area contributed by atoms with E-state index < -0.39 is 0 Å². The average molecular weight is 309 g/mol. The lowest BCUT2D eigenvalue weighted by Crippen LogP contribution is -2.19. The van der Waals surface area contributed by atoms with Crippen molar-refractivity contribution in [3.63, 3.8) is 0 Å². The summed E-state index contributed by atoms with van der Waals surface area (Å²) < 4.78 is 6.07. The maximum Gasteiger partial charge on any atom is 0.125 e. The molecule has 23 heavy (non-hydrogen) atoms. The monoisotopic (exact) mass is 309 g/mol. The van der Waals surface area contributed by atoms with Crippen molar-refractivity contribution in [1.82, 2.24) is 0 Å². The number of rotatable bonds is 5. The van der Waals surface area contributed by atoms with E-state index in [1.54, 1.807) is 0 Å². The highest BCUT2D eigenvalue weighted by Crippen LogP contribution is 2.36. The molecule has 1 fully saturated rings. The van der Waals surface area contributed by atoms with E-state index in [2.05, 4.69) is 38.1 Å². The van der Waals surface area contributed by atoms with Crippen LogP contribution in [0.15, 0.2) is 42.5 Å². The van der Waals surface area contributed by atoms with Crippen LogP contribution >= 0.6 is 0 Å². The highest BCUT2D eigenvalue weighted by Gasteiger charge is 2.24. The number of aryl methyl sites for hydroxylation is 2. The second-order valence-corrected chi connectivity index (χ2v) is 6.83. The minimum atomic E-state index is 0.165. The molecule has 2 heteroatoms. The summed E-state index contributed by atoms with van der Waals surface area (Å²) in [5.41, 5.74) is 11.3. The van der Waals surface area contributed by atoms with Crippen LogP contribution < -0.4 is 10.5 Å². The van der Waals surface area contributed by atoms with Crippen molar-refractivity contribution in [2.75, 3.05) is 0 Å². The SMILES string of the molecule is Cc1cc([C@@H](N)C2CCCC2)cc(C)c1OCc1ccccc1.